The normalized spacial score (nSPS) is 18.4. The molecule has 0 spiro atoms. The van der Waals surface area contributed by atoms with Gasteiger partial charge in [-0.15, -0.1) is 0 Å². The van der Waals surface area contributed by atoms with Crippen LogP contribution >= 0.6 is 0 Å². The third kappa shape index (κ3) is 4.05. The molecule has 20 heavy (non-hydrogen) atoms. The Kier molecular flexibility index (Phi) is 5.56. The van der Waals surface area contributed by atoms with Crippen LogP contribution < -0.4 is 10.2 Å². The lowest BCUT2D eigenvalue weighted by atomic mass is 10.2. The van der Waals surface area contributed by atoms with Crippen molar-refractivity contribution >= 4 is 11.6 Å². The summed E-state index contributed by atoms with van der Waals surface area (Å²) >= 11 is 0. The van der Waals surface area contributed by atoms with Crippen molar-refractivity contribution in [3.8, 4) is 0 Å². The molecule has 4 heteroatoms. The van der Waals surface area contributed by atoms with Crippen molar-refractivity contribution in [1.29, 1.82) is 0 Å². The van der Waals surface area contributed by atoms with Gasteiger partial charge in [-0.1, -0.05) is 18.2 Å². The number of amides is 1. The van der Waals surface area contributed by atoms with E-state index in [-0.39, 0.29) is 5.91 Å². The van der Waals surface area contributed by atoms with Crippen LogP contribution in [-0.4, -0.2) is 50.1 Å². The summed E-state index contributed by atoms with van der Waals surface area (Å²) in [6.45, 7) is 5.25. The molecule has 0 saturated carbocycles. The van der Waals surface area contributed by atoms with E-state index in [1.165, 1.54) is 12.8 Å². The predicted molar refractivity (Wildman–Crippen MR) is 83.0 cm³/mol. The SMILES string of the molecule is CCN(C(=O)CN(C)CC1CCCN1)c1ccccc1. The van der Waals surface area contributed by atoms with Crippen LogP contribution in [0, 0.1) is 0 Å². The zero-order valence-electron chi connectivity index (χ0n) is 12.5. The van der Waals surface area contributed by atoms with Gasteiger partial charge in [0.1, 0.15) is 0 Å². The molecule has 1 unspecified atom stereocenters. The summed E-state index contributed by atoms with van der Waals surface area (Å²) in [5.41, 5.74) is 0.979. The van der Waals surface area contributed by atoms with E-state index in [9.17, 15) is 4.79 Å². The van der Waals surface area contributed by atoms with Crippen molar-refractivity contribution in [2.75, 3.05) is 38.1 Å². The largest absolute Gasteiger partial charge is 0.313 e. The number of carbonyl (C=O) groups excluding carboxylic acids is 1. The van der Waals surface area contributed by atoms with Gasteiger partial charge < -0.3 is 10.2 Å². The predicted octanol–water partition coefficient (Wildman–Crippen LogP) is 1.72. The Bertz CT molecular complexity index is 415. The molecule has 1 aromatic rings. The molecule has 0 bridgehead atoms. The van der Waals surface area contributed by atoms with Gasteiger partial charge in [-0.05, 0) is 45.5 Å². The molecule has 1 amide bonds. The number of benzene rings is 1. The molecule has 1 fully saturated rings. The maximum atomic E-state index is 12.4. The summed E-state index contributed by atoms with van der Waals surface area (Å²) in [5.74, 6) is 0.166. The Balaban J connectivity index is 1.88. The number of hydrogen-bond acceptors (Lipinski definition) is 3. The quantitative estimate of drug-likeness (QED) is 0.859. The third-order valence-electron chi connectivity index (χ3n) is 3.78. The summed E-state index contributed by atoms with van der Waals surface area (Å²) in [7, 11) is 2.02. The van der Waals surface area contributed by atoms with E-state index in [2.05, 4.69) is 10.2 Å². The second-order valence-corrected chi connectivity index (χ2v) is 5.46. The molecule has 110 valence electrons. The highest BCUT2D eigenvalue weighted by Gasteiger charge is 2.19. The smallest absolute Gasteiger partial charge is 0.241 e. The van der Waals surface area contributed by atoms with Gasteiger partial charge in [0.05, 0.1) is 6.54 Å². The van der Waals surface area contributed by atoms with E-state index in [0.717, 1.165) is 18.8 Å². The van der Waals surface area contributed by atoms with Gasteiger partial charge in [0.2, 0.25) is 5.91 Å². The van der Waals surface area contributed by atoms with Crippen LogP contribution in [0.15, 0.2) is 30.3 Å². The number of anilines is 1. The first-order valence-corrected chi connectivity index (χ1v) is 7.48. The lowest BCUT2D eigenvalue weighted by Gasteiger charge is -2.26. The molecule has 1 atom stereocenters. The van der Waals surface area contributed by atoms with Gasteiger partial charge in [-0.2, -0.15) is 0 Å². The minimum Gasteiger partial charge on any atom is -0.313 e. The summed E-state index contributed by atoms with van der Waals surface area (Å²) in [6, 6.07) is 10.4. The highest BCUT2D eigenvalue weighted by molar-refractivity contribution is 5.94. The average molecular weight is 275 g/mol. The van der Waals surface area contributed by atoms with E-state index in [1.807, 2.05) is 49.2 Å². The molecule has 4 nitrogen and oxygen atoms in total. The van der Waals surface area contributed by atoms with Gasteiger partial charge in [0.25, 0.3) is 0 Å². The minimum absolute atomic E-state index is 0.166. The summed E-state index contributed by atoms with van der Waals surface area (Å²) in [4.78, 5) is 16.4. The lowest BCUT2D eigenvalue weighted by Crippen LogP contribution is -2.43. The Morgan fingerprint density at radius 1 is 1.35 bits per heavy atom. The zero-order chi connectivity index (χ0) is 14.4. The van der Waals surface area contributed by atoms with Crippen LogP contribution in [0.2, 0.25) is 0 Å². The molecule has 0 aliphatic carbocycles. The fourth-order valence-electron chi connectivity index (χ4n) is 2.78. The maximum Gasteiger partial charge on any atom is 0.241 e. The monoisotopic (exact) mass is 275 g/mol. The summed E-state index contributed by atoms with van der Waals surface area (Å²) in [6.07, 6.45) is 2.46. The van der Waals surface area contributed by atoms with Crippen molar-refractivity contribution in [2.45, 2.75) is 25.8 Å². The first kappa shape index (κ1) is 15.0. The minimum atomic E-state index is 0.166. The van der Waals surface area contributed by atoms with Gasteiger partial charge in [0.15, 0.2) is 0 Å². The summed E-state index contributed by atoms with van der Waals surface area (Å²) in [5, 5.41) is 3.47. The van der Waals surface area contributed by atoms with E-state index in [4.69, 9.17) is 0 Å². The summed E-state index contributed by atoms with van der Waals surface area (Å²) < 4.78 is 0. The second kappa shape index (κ2) is 7.41. The first-order valence-electron chi connectivity index (χ1n) is 7.48. The van der Waals surface area contributed by atoms with Crippen LogP contribution in [0.1, 0.15) is 19.8 Å². The number of nitrogens with zero attached hydrogens (tertiary/aromatic N) is 2. The van der Waals surface area contributed by atoms with Crippen LogP contribution in [0.25, 0.3) is 0 Å². The third-order valence-corrected chi connectivity index (χ3v) is 3.78. The van der Waals surface area contributed by atoms with Crippen molar-refractivity contribution in [3.05, 3.63) is 30.3 Å². The van der Waals surface area contributed by atoms with E-state index >= 15 is 0 Å². The zero-order valence-corrected chi connectivity index (χ0v) is 12.5. The maximum absolute atomic E-state index is 12.4. The fraction of sp³-hybridized carbons (Fsp3) is 0.562. The van der Waals surface area contributed by atoms with Crippen molar-refractivity contribution in [1.82, 2.24) is 10.2 Å². The van der Waals surface area contributed by atoms with E-state index in [1.54, 1.807) is 0 Å². The number of rotatable bonds is 6. The number of hydrogen-bond donors (Lipinski definition) is 1. The van der Waals surface area contributed by atoms with Crippen LogP contribution in [-0.2, 0) is 4.79 Å². The molecule has 1 aliphatic rings. The van der Waals surface area contributed by atoms with E-state index < -0.39 is 0 Å². The Hall–Kier alpha value is -1.39. The number of carbonyl (C=O) groups is 1. The second-order valence-electron chi connectivity index (χ2n) is 5.46. The Morgan fingerprint density at radius 3 is 2.70 bits per heavy atom. The molecule has 1 aliphatic heterocycles. The fourth-order valence-corrected chi connectivity index (χ4v) is 2.78. The van der Waals surface area contributed by atoms with Gasteiger partial charge >= 0.3 is 0 Å². The lowest BCUT2D eigenvalue weighted by molar-refractivity contribution is -0.119. The number of nitrogens with one attached hydrogen (secondary N) is 1. The standard InChI is InChI=1S/C16H25N3O/c1-3-19(15-9-5-4-6-10-15)16(20)13-18(2)12-14-8-7-11-17-14/h4-6,9-10,14,17H,3,7-8,11-13H2,1-2H3. The molecular formula is C16H25N3O. The molecule has 2 rings (SSSR count). The van der Waals surface area contributed by atoms with Gasteiger partial charge in [-0.3, -0.25) is 9.69 Å². The molecule has 0 aromatic heterocycles. The molecule has 0 radical (unpaired) electrons. The van der Waals surface area contributed by atoms with Crippen molar-refractivity contribution in [2.24, 2.45) is 0 Å². The van der Waals surface area contributed by atoms with Gasteiger partial charge in [0, 0.05) is 24.8 Å². The molecule has 1 aromatic carbocycles. The van der Waals surface area contributed by atoms with Crippen LogP contribution in [0.5, 0.6) is 0 Å². The van der Waals surface area contributed by atoms with Crippen molar-refractivity contribution in [3.63, 3.8) is 0 Å². The highest BCUT2D eigenvalue weighted by Crippen LogP contribution is 2.13. The first-order chi connectivity index (χ1) is 9.70. The van der Waals surface area contributed by atoms with Crippen LogP contribution in [0.3, 0.4) is 0 Å². The average Bonchev–Trinajstić information content (AvgIpc) is 2.93. The molecule has 1 saturated heterocycles. The molecule has 1 N–H and O–H groups in total. The Labute approximate surface area is 121 Å². The number of para-hydroxylation sites is 1. The van der Waals surface area contributed by atoms with Crippen molar-refractivity contribution < 1.29 is 4.79 Å². The highest BCUT2D eigenvalue weighted by atomic mass is 16.2. The topological polar surface area (TPSA) is 35.6 Å². The van der Waals surface area contributed by atoms with Gasteiger partial charge in [-0.25, -0.2) is 0 Å². The molecule has 1 heterocycles. The number of likely N-dealkylation sites (N-methyl/N-ethyl adjacent to an activating group) is 2. The van der Waals surface area contributed by atoms with E-state index in [0.29, 0.717) is 19.1 Å². The Morgan fingerprint density at radius 2 is 2.10 bits per heavy atom. The molecular weight excluding hydrogens is 250 g/mol. The van der Waals surface area contributed by atoms with Crippen LogP contribution in [0.4, 0.5) is 5.69 Å².